The van der Waals surface area contributed by atoms with Gasteiger partial charge in [-0.1, -0.05) is 12.1 Å². The third kappa shape index (κ3) is 4.28. The molecule has 9 heteroatoms. The summed E-state index contributed by atoms with van der Waals surface area (Å²) in [5.74, 6) is -3.37. The Morgan fingerprint density at radius 3 is 2.59 bits per heavy atom. The minimum Gasteiger partial charge on any atom is -0.478 e. The van der Waals surface area contributed by atoms with Gasteiger partial charge in [-0.05, 0) is 37.6 Å². The largest absolute Gasteiger partial charge is 0.478 e. The number of carboxylic acid groups (broad SMARTS) is 1. The predicted molar refractivity (Wildman–Crippen MR) is 118 cm³/mol. The fourth-order valence-electron chi connectivity index (χ4n) is 4.01. The molecule has 3 aromatic rings. The van der Waals surface area contributed by atoms with Gasteiger partial charge in [0.1, 0.15) is 11.5 Å². The van der Waals surface area contributed by atoms with Crippen LogP contribution >= 0.6 is 0 Å². The van der Waals surface area contributed by atoms with Crippen LogP contribution in [0.1, 0.15) is 47.3 Å². The van der Waals surface area contributed by atoms with Crippen LogP contribution in [0.25, 0.3) is 5.65 Å². The number of aromatic nitrogens is 2. The molecule has 0 aliphatic carbocycles. The van der Waals surface area contributed by atoms with Crippen molar-refractivity contribution in [3.8, 4) is 0 Å². The van der Waals surface area contributed by atoms with Crippen LogP contribution < -0.4 is 15.8 Å². The normalized spacial score (nSPS) is 16.7. The number of alkyl halides is 2. The molecule has 1 saturated heterocycles. The van der Waals surface area contributed by atoms with Gasteiger partial charge in [0.25, 0.3) is 11.5 Å². The molecule has 4 rings (SSSR count). The van der Waals surface area contributed by atoms with E-state index >= 15 is 0 Å². The summed E-state index contributed by atoms with van der Waals surface area (Å²) in [4.78, 5) is 30.8. The SMILES string of the molecule is Cc1cc([C@H](C)Nc2ccccc2C(=O)O)c2nc(N3CCC(F)(F)CC3)cc(=O)n2c1. The van der Waals surface area contributed by atoms with Crippen molar-refractivity contribution in [1.29, 1.82) is 0 Å². The van der Waals surface area contributed by atoms with Gasteiger partial charge < -0.3 is 15.3 Å². The quantitative estimate of drug-likeness (QED) is 0.619. The van der Waals surface area contributed by atoms with E-state index in [0.29, 0.717) is 22.7 Å². The topological polar surface area (TPSA) is 86.9 Å². The number of carboxylic acids is 1. The summed E-state index contributed by atoms with van der Waals surface area (Å²) in [6.07, 6.45) is 1.12. The zero-order chi connectivity index (χ0) is 23.0. The van der Waals surface area contributed by atoms with Gasteiger partial charge in [-0.2, -0.15) is 0 Å². The van der Waals surface area contributed by atoms with E-state index in [9.17, 15) is 23.5 Å². The van der Waals surface area contributed by atoms with Crippen molar-refractivity contribution >= 4 is 23.1 Å². The molecular weight excluding hydrogens is 418 g/mol. The van der Waals surface area contributed by atoms with Crippen LogP contribution in [0.4, 0.5) is 20.3 Å². The summed E-state index contributed by atoms with van der Waals surface area (Å²) in [5, 5.41) is 12.7. The number of para-hydroxylation sites is 1. The van der Waals surface area contributed by atoms with E-state index in [1.54, 1.807) is 29.3 Å². The summed E-state index contributed by atoms with van der Waals surface area (Å²) in [5.41, 5.74) is 2.22. The number of rotatable bonds is 5. The lowest BCUT2D eigenvalue weighted by atomic mass is 10.1. The van der Waals surface area contributed by atoms with Crippen molar-refractivity contribution in [1.82, 2.24) is 9.38 Å². The van der Waals surface area contributed by atoms with Crippen LogP contribution in [-0.4, -0.2) is 39.5 Å². The molecule has 1 aliphatic rings. The van der Waals surface area contributed by atoms with Gasteiger partial charge in [0.2, 0.25) is 0 Å². The molecule has 0 saturated carbocycles. The fraction of sp³-hybridized carbons (Fsp3) is 0.348. The molecule has 168 valence electrons. The molecule has 1 atom stereocenters. The standard InChI is InChI=1S/C23H24F2N4O3/c1-14-11-17(15(2)26-18-6-4-3-5-16(18)22(31)32)21-27-19(12-20(30)29(21)13-14)28-9-7-23(24,25)8-10-28/h3-6,11-13,15,26H,7-10H2,1-2H3,(H,31,32)/t15-/m0/s1. The van der Waals surface area contributed by atoms with Crippen LogP contribution in [0.5, 0.6) is 0 Å². The predicted octanol–water partition coefficient (Wildman–Crippen LogP) is 4.11. The van der Waals surface area contributed by atoms with Crippen molar-refractivity contribution in [3.63, 3.8) is 0 Å². The molecule has 1 aromatic carbocycles. The molecule has 3 heterocycles. The highest BCUT2D eigenvalue weighted by Gasteiger charge is 2.34. The monoisotopic (exact) mass is 442 g/mol. The van der Waals surface area contributed by atoms with Crippen molar-refractivity contribution in [2.24, 2.45) is 0 Å². The smallest absolute Gasteiger partial charge is 0.337 e. The van der Waals surface area contributed by atoms with E-state index in [0.717, 1.165) is 5.56 Å². The number of benzene rings is 1. The number of aromatic carboxylic acids is 1. The number of fused-ring (bicyclic) bond motifs is 1. The molecule has 0 bridgehead atoms. The maximum absolute atomic E-state index is 13.6. The van der Waals surface area contributed by atoms with Crippen LogP contribution in [0.3, 0.4) is 0 Å². The lowest BCUT2D eigenvalue weighted by Gasteiger charge is -2.32. The molecule has 2 aromatic heterocycles. The number of carbonyl (C=O) groups is 1. The Labute approximate surface area is 183 Å². The summed E-state index contributed by atoms with van der Waals surface area (Å²) >= 11 is 0. The third-order valence-corrected chi connectivity index (χ3v) is 5.73. The van der Waals surface area contributed by atoms with Gasteiger partial charge in [-0.15, -0.1) is 0 Å². The second-order valence-corrected chi connectivity index (χ2v) is 8.18. The Morgan fingerprint density at radius 2 is 1.91 bits per heavy atom. The number of pyridine rings is 1. The number of anilines is 2. The Morgan fingerprint density at radius 1 is 1.22 bits per heavy atom. The second kappa shape index (κ2) is 8.22. The molecule has 0 amide bonds. The Bertz CT molecular complexity index is 1230. The van der Waals surface area contributed by atoms with E-state index in [2.05, 4.69) is 10.3 Å². The first kappa shape index (κ1) is 21.7. The second-order valence-electron chi connectivity index (χ2n) is 8.18. The lowest BCUT2D eigenvalue weighted by Crippen LogP contribution is -2.40. The van der Waals surface area contributed by atoms with Crippen molar-refractivity contribution in [2.75, 3.05) is 23.3 Å². The Hall–Kier alpha value is -3.49. The van der Waals surface area contributed by atoms with Crippen molar-refractivity contribution in [3.05, 3.63) is 69.6 Å². The van der Waals surface area contributed by atoms with Gasteiger partial charge in [0.05, 0.1) is 11.6 Å². The Kier molecular flexibility index (Phi) is 5.58. The highest BCUT2D eigenvalue weighted by Crippen LogP contribution is 2.30. The van der Waals surface area contributed by atoms with Gasteiger partial charge in [-0.3, -0.25) is 9.20 Å². The molecule has 7 nitrogen and oxygen atoms in total. The molecule has 2 N–H and O–H groups in total. The average Bonchev–Trinajstić information content (AvgIpc) is 2.74. The van der Waals surface area contributed by atoms with Gasteiger partial charge in [0.15, 0.2) is 0 Å². The van der Waals surface area contributed by atoms with E-state index in [-0.39, 0.29) is 43.1 Å². The van der Waals surface area contributed by atoms with Gasteiger partial charge >= 0.3 is 5.97 Å². The molecular formula is C23H24F2N4O3. The maximum Gasteiger partial charge on any atom is 0.337 e. The number of nitrogens with one attached hydrogen (secondary N) is 1. The fourth-order valence-corrected chi connectivity index (χ4v) is 4.01. The van der Waals surface area contributed by atoms with E-state index in [1.807, 2.05) is 19.9 Å². The highest BCUT2D eigenvalue weighted by molar-refractivity contribution is 5.94. The lowest BCUT2D eigenvalue weighted by molar-refractivity contribution is -0.0221. The molecule has 0 spiro atoms. The molecule has 0 unspecified atom stereocenters. The average molecular weight is 442 g/mol. The number of hydrogen-bond acceptors (Lipinski definition) is 5. The number of piperidine rings is 1. The first-order chi connectivity index (χ1) is 15.1. The van der Waals surface area contributed by atoms with E-state index < -0.39 is 11.9 Å². The summed E-state index contributed by atoms with van der Waals surface area (Å²) in [7, 11) is 0. The number of nitrogens with zero attached hydrogens (tertiary/aromatic N) is 3. The van der Waals surface area contributed by atoms with Gasteiger partial charge in [0, 0.05) is 49.4 Å². The molecule has 0 radical (unpaired) electrons. The number of halogens is 2. The number of hydrogen-bond donors (Lipinski definition) is 2. The molecule has 32 heavy (non-hydrogen) atoms. The van der Waals surface area contributed by atoms with Crippen LogP contribution in [0, 0.1) is 6.92 Å². The van der Waals surface area contributed by atoms with Crippen LogP contribution in [0.2, 0.25) is 0 Å². The first-order valence-electron chi connectivity index (χ1n) is 10.4. The zero-order valence-electron chi connectivity index (χ0n) is 17.8. The maximum atomic E-state index is 13.6. The summed E-state index contributed by atoms with van der Waals surface area (Å²) in [6, 6.07) is 9.46. The minimum absolute atomic E-state index is 0.122. The van der Waals surface area contributed by atoms with Crippen LogP contribution in [-0.2, 0) is 0 Å². The minimum atomic E-state index is -2.69. The van der Waals surface area contributed by atoms with E-state index in [1.165, 1.54) is 16.5 Å². The van der Waals surface area contributed by atoms with E-state index in [4.69, 9.17) is 0 Å². The molecule has 1 aliphatic heterocycles. The number of aryl methyl sites for hydroxylation is 1. The summed E-state index contributed by atoms with van der Waals surface area (Å²) < 4.78 is 28.6. The molecule has 1 fully saturated rings. The van der Waals surface area contributed by atoms with Crippen molar-refractivity contribution in [2.45, 2.75) is 38.7 Å². The van der Waals surface area contributed by atoms with Crippen LogP contribution in [0.15, 0.2) is 47.4 Å². The van der Waals surface area contributed by atoms with Crippen molar-refractivity contribution < 1.29 is 18.7 Å². The van der Waals surface area contributed by atoms with Gasteiger partial charge in [-0.25, -0.2) is 18.6 Å². The zero-order valence-corrected chi connectivity index (χ0v) is 17.8. The summed E-state index contributed by atoms with van der Waals surface area (Å²) in [6.45, 7) is 3.95. The highest BCUT2D eigenvalue weighted by atomic mass is 19.3. The Balaban J connectivity index is 1.75. The third-order valence-electron chi connectivity index (χ3n) is 5.73. The first-order valence-corrected chi connectivity index (χ1v) is 10.4.